The highest BCUT2D eigenvalue weighted by atomic mass is 32.1. The highest BCUT2D eigenvalue weighted by Crippen LogP contribution is 2.25. The van der Waals surface area contributed by atoms with Crippen LogP contribution < -0.4 is 10.2 Å². The number of piperidine rings is 1. The Labute approximate surface area is 115 Å². The van der Waals surface area contributed by atoms with Crippen LogP contribution in [0.2, 0.25) is 0 Å². The van der Waals surface area contributed by atoms with E-state index in [1.165, 1.54) is 37.6 Å². The van der Waals surface area contributed by atoms with E-state index in [1.807, 2.05) is 0 Å². The topological polar surface area (TPSA) is 28.2 Å². The normalized spacial score (nSPS) is 17.7. The van der Waals surface area contributed by atoms with Gasteiger partial charge in [0.15, 0.2) is 5.13 Å². The number of nitrogens with one attached hydrogen (secondary N) is 1. The lowest BCUT2D eigenvalue weighted by atomic mass is 9.97. The molecule has 1 aromatic heterocycles. The van der Waals surface area contributed by atoms with Crippen LogP contribution in [0.15, 0.2) is 5.38 Å². The van der Waals surface area contributed by atoms with Crippen molar-refractivity contribution in [3.8, 4) is 0 Å². The number of thiazole rings is 1. The predicted octanol–water partition coefficient (Wildman–Crippen LogP) is 2.91. The van der Waals surface area contributed by atoms with Gasteiger partial charge < -0.3 is 10.2 Å². The summed E-state index contributed by atoms with van der Waals surface area (Å²) in [5.41, 5.74) is 1.15. The molecule has 1 aliphatic rings. The van der Waals surface area contributed by atoms with Crippen LogP contribution in [-0.4, -0.2) is 31.2 Å². The van der Waals surface area contributed by atoms with Crippen LogP contribution in [0.1, 0.15) is 32.4 Å². The Morgan fingerprint density at radius 2 is 2.17 bits per heavy atom. The van der Waals surface area contributed by atoms with Gasteiger partial charge in [0.1, 0.15) is 0 Å². The van der Waals surface area contributed by atoms with Crippen LogP contribution in [0, 0.1) is 18.8 Å². The van der Waals surface area contributed by atoms with Gasteiger partial charge in [-0.2, -0.15) is 0 Å². The molecule has 1 aliphatic heterocycles. The SMILES string of the molecule is Cc1csc(N2CCC(CNCC(C)C)CC2)n1. The van der Waals surface area contributed by atoms with Gasteiger partial charge in [0.25, 0.3) is 0 Å². The molecule has 0 amide bonds. The first kappa shape index (κ1) is 13.8. The molecule has 0 saturated carbocycles. The van der Waals surface area contributed by atoms with Gasteiger partial charge in [-0.05, 0) is 44.7 Å². The minimum atomic E-state index is 0.753. The molecule has 1 saturated heterocycles. The fraction of sp³-hybridized carbons (Fsp3) is 0.786. The smallest absolute Gasteiger partial charge is 0.185 e. The van der Waals surface area contributed by atoms with Crippen molar-refractivity contribution in [1.29, 1.82) is 0 Å². The van der Waals surface area contributed by atoms with Crippen LogP contribution in [0.4, 0.5) is 5.13 Å². The predicted molar refractivity (Wildman–Crippen MR) is 79.5 cm³/mol. The standard InChI is InChI=1S/C14H25N3S/c1-11(2)8-15-9-13-4-6-17(7-5-13)14-16-12(3)10-18-14/h10-11,13,15H,4-9H2,1-3H3. The summed E-state index contributed by atoms with van der Waals surface area (Å²) in [6, 6.07) is 0. The molecule has 0 radical (unpaired) electrons. The lowest BCUT2D eigenvalue weighted by Crippen LogP contribution is -2.37. The van der Waals surface area contributed by atoms with E-state index in [0.717, 1.165) is 24.1 Å². The van der Waals surface area contributed by atoms with Crippen molar-refractivity contribution in [3.05, 3.63) is 11.1 Å². The van der Waals surface area contributed by atoms with Gasteiger partial charge in [0.2, 0.25) is 0 Å². The summed E-state index contributed by atoms with van der Waals surface area (Å²) in [6.07, 6.45) is 2.59. The van der Waals surface area contributed by atoms with Crippen molar-refractivity contribution < 1.29 is 0 Å². The van der Waals surface area contributed by atoms with Crippen LogP contribution in [0.3, 0.4) is 0 Å². The Balaban J connectivity index is 1.71. The van der Waals surface area contributed by atoms with Gasteiger partial charge in [-0.1, -0.05) is 13.8 Å². The molecule has 4 heteroatoms. The van der Waals surface area contributed by atoms with Gasteiger partial charge in [-0.25, -0.2) is 4.98 Å². The average Bonchev–Trinajstić information content (AvgIpc) is 2.76. The molecular formula is C14H25N3S. The van der Waals surface area contributed by atoms with Crippen LogP contribution >= 0.6 is 11.3 Å². The van der Waals surface area contributed by atoms with E-state index in [4.69, 9.17) is 0 Å². The summed E-state index contributed by atoms with van der Waals surface area (Å²) >= 11 is 1.78. The van der Waals surface area contributed by atoms with Crippen molar-refractivity contribution in [2.24, 2.45) is 11.8 Å². The Kier molecular flexibility index (Phi) is 5.01. The van der Waals surface area contributed by atoms with E-state index in [0.29, 0.717) is 0 Å². The monoisotopic (exact) mass is 267 g/mol. The third-order valence-corrected chi connectivity index (χ3v) is 4.50. The largest absolute Gasteiger partial charge is 0.348 e. The zero-order valence-corrected chi connectivity index (χ0v) is 12.6. The first-order valence-corrected chi connectivity index (χ1v) is 7.91. The van der Waals surface area contributed by atoms with E-state index in [-0.39, 0.29) is 0 Å². The Hall–Kier alpha value is -0.610. The van der Waals surface area contributed by atoms with Crippen molar-refractivity contribution in [1.82, 2.24) is 10.3 Å². The average molecular weight is 267 g/mol. The second-order valence-electron chi connectivity index (χ2n) is 5.75. The number of anilines is 1. The summed E-state index contributed by atoms with van der Waals surface area (Å²) in [5.74, 6) is 1.60. The molecule has 1 N–H and O–H groups in total. The first-order chi connectivity index (χ1) is 8.65. The van der Waals surface area contributed by atoms with E-state index >= 15 is 0 Å². The molecule has 2 rings (SSSR count). The number of hydrogen-bond acceptors (Lipinski definition) is 4. The number of nitrogens with zero attached hydrogens (tertiary/aromatic N) is 2. The summed E-state index contributed by atoms with van der Waals surface area (Å²) < 4.78 is 0. The van der Waals surface area contributed by atoms with Crippen molar-refractivity contribution in [2.45, 2.75) is 33.6 Å². The lowest BCUT2D eigenvalue weighted by Gasteiger charge is -2.32. The second kappa shape index (κ2) is 6.53. The zero-order chi connectivity index (χ0) is 13.0. The van der Waals surface area contributed by atoms with Gasteiger partial charge in [-0.3, -0.25) is 0 Å². The number of rotatable bonds is 5. The van der Waals surface area contributed by atoms with E-state index in [2.05, 4.69) is 41.4 Å². The van der Waals surface area contributed by atoms with Gasteiger partial charge in [-0.15, -0.1) is 11.3 Å². The van der Waals surface area contributed by atoms with Crippen molar-refractivity contribution in [2.75, 3.05) is 31.1 Å². The van der Waals surface area contributed by atoms with Crippen molar-refractivity contribution >= 4 is 16.5 Å². The van der Waals surface area contributed by atoms with E-state index in [9.17, 15) is 0 Å². The first-order valence-electron chi connectivity index (χ1n) is 7.03. The molecule has 0 bridgehead atoms. The minimum absolute atomic E-state index is 0.753. The maximum absolute atomic E-state index is 4.57. The quantitative estimate of drug-likeness (QED) is 0.889. The lowest BCUT2D eigenvalue weighted by molar-refractivity contribution is 0.374. The molecule has 3 nitrogen and oxygen atoms in total. The molecule has 102 valence electrons. The number of aryl methyl sites for hydroxylation is 1. The van der Waals surface area contributed by atoms with E-state index in [1.54, 1.807) is 11.3 Å². The molecule has 1 fully saturated rings. The molecule has 0 aromatic carbocycles. The van der Waals surface area contributed by atoms with Crippen molar-refractivity contribution in [3.63, 3.8) is 0 Å². The number of hydrogen-bond donors (Lipinski definition) is 1. The zero-order valence-electron chi connectivity index (χ0n) is 11.8. The summed E-state index contributed by atoms with van der Waals surface area (Å²) in [7, 11) is 0. The van der Waals surface area contributed by atoms with Crippen LogP contribution in [0.25, 0.3) is 0 Å². The van der Waals surface area contributed by atoms with Gasteiger partial charge in [0, 0.05) is 18.5 Å². The molecule has 2 heterocycles. The fourth-order valence-corrected chi connectivity index (χ4v) is 3.25. The third kappa shape index (κ3) is 3.95. The Morgan fingerprint density at radius 1 is 1.44 bits per heavy atom. The van der Waals surface area contributed by atoms with Crippen LogP contribution in [0.5, 0.6) is 0 Å². The second-order valence-corrected chi connectivity index (χ2v) is 6.59. The van der Waals surface area contributed by atoms with Gasteiger partial charge >= 0.3 is 0 Å². The summed E-state index contributed by atoms with van der Waals surface area (Å²) in [6.45, 7) is 11.3. The molecule has 0 atom stereocenters. The maximum atomic E-state index is 4.57. The Bertz CT molecular complexity index is 354. The Morgan fingerprint density at radius 3 is 2.72 bits per heavy atom. The molecule has 18 heavy (non-hydrogen) atoms. The molecule has 0 aliphatic carbocycles. The molecule has 0 spiro atoms. The minimum Gasteiger partial charge on any atom is -0.348 e. The molecule has 1 aromatic rings. The number of aromatic nitrogens is 1. The maximum Gasteiger partial charge on any atom is 0.185 e. The summed E-state index contributed by atoms with van der Waals surface area (Å²) in [4.78, 5) is 7.01. The highest BCUT2D eigenvalue weighted by Gasteiger charge is 2.20. The highest BCUT2D eigenvalue weighted by molar-refractivity contribution is 7.13. The van der Waals surface area contributed by atoms with E-state index < -0.39 is 0 Å². The fourth-order valence-electron chi connectivity index (χ4n) is 2.39. The summed E-state index contributed by atoms with van der Waals surface area (Å²) in [5, 5.41) is 6.94. The molecular weight excluding hydrogens is 242 g/mol. The van der Waals surface area contributed by atoms with Gasteiger partial charge in [0.05, 0.1) is 5.69 Å². The molecule has 0 unspecified atom stereocenters. The third-order valence-electron chi connectivity index (χ3n) is 3.48. The van der Waals surface area contributed by atoms with Crippen LogP contribution in [-0.2, 0) is 0 Å².